The number of guanidine groups is 1. The van der Waals surface area contributed by atoms with E-state index >= 15 is 0 Å². The van der Waals surface area contributed by atoms with E-state index in [9.17, 15) is 4.39 Å². The summed E-state index contributed by atoms with van der Waals surface area (Å²) in [7, 11) is 1.74. The van der Waals surface area contributed by atoms with Crippen molar-refractivity contribution in [2.45, 2.75) is 26.4 Å². The molecule has 2 N–H and O–H groups in total. The van der Waals surface area contributed by atoms with Crippen LogP contribution in [0.4, 0.5) is 4.39 Å². The molecule has 0 amide bonds. The second-order valence-electron chi connectivity index (χ2n) is 6.22. The van der Waals surface area contributed by atoms with Gasteiger partial charge in [0.2, 0.25) is 0 Å². The molecule has 1 aliphatic rings. The highest BCUT2D eigenvalue weighted by Gasteiger charge is 2.33. The van der Waals surface area contributed by atoms with E-state index < -0.39 is 0 Å². The fourth-order valence-electron chi connectivity index (χ4n) is 2.28. The van der Waals surface area contributed by atoms with Crippen molar-refractivity contribution in [2.24, 2.45) is 10.4 Å². The van der Waals surface area contributed by atoms with Gasteiger partial charge < -0.3 is 20.1 Å². The first-order valence-electron chi connectivity index (χ1n) is 7.99. The number of halogens is 1. The van der Waals surface area contributed by atoms with E-state index in [1.54, 1.807) is 19.2 Å². The van der Waals surface area contributed by atoms with Crippen LogP contribution in [0.5, 0.6) is 5.75 Å². The highest BCUT2D eigenvalue weighted by atomic mass is 19.1. The van der Waals surface area contributed by atoms with Crippen molar-refractivity contribution in [3.63, 3.8) is 0 Å². The zero-order valence-electron chi connectivity index (χ0n) is 14.1. The third-order valence-corrected chi connectivity index (χ3v) is 3.86. The van der Waals surface area contributed by atoms with Gasteiger partial charge in [0.15, 0.2) is 5.96 Å². The van der Waals surface area contributed by atoms with Crippen LogP contribution in [0.1, 0.15) is 20.3 Å². The predicted octanol–water partition coefficient (Wildman–Crippen LogP) is 2.18. The first-order valence-corrected chi connectivity index (χ1v) is 7.99. The third kappa shape index (κ3) is 5.39. The van der Waals surface area contributed by atoms with Crippen molar-refractivity contribution in [3.05, 3.63) is 30.1 Å². The van der Waals surface area contributed by atoms with Gasteiger partial charge in [0.25, 0.3) is 0 Å². The maximum atomic E-state index is 13.2. The largest absolute Gasteiger partial charge is 0.489 e. The van der Waals surface area contributed by atoms with E-state index in [-0.39, 0.29) is 17.3 Å². The molecular weight excluding hydrogens is 297 g/mol. The Balaban J connectivity index is 1.78. The summed E-state index contributed by atoms with van der Waals surface area (Å²) >= 11 is 0. The lowest BCUT2D eigenvalue weighted by atomic mass is 9.89. The summed E-state index contributed by atoms with van der Waals surface area (Å²) in [4.78, 5) is 4.21. The number of aliphatic imine (C=N–C) groups is 1. The lowest BCUT2D eigenvalue weighted by Gasteiger charge is -2.38. The summed E-state index contributed by atoms with van der Waals surface area (Å²) in [5, 5.41) is 6.56. The zero-order chi connectivity index (χ0) is 16.7. The molecule has 1 atom stereocenters. The van der Waals surface area contributed by atoms with Crippen molar-refractivity contribution in [1.82, 2.24) is 10.6 Å². The molecule has 0 bridgehead atoms. The third-order valence-electron chi connectivity index (χ3n) is 3.86. The van der Waals surface area contributed by atoms with Gasteiger partial charge in [-0.25, -0.2) is 4.39 Å². The molecule has 1 aliphatic heterocycles. The van der Waals surface area contributed by atoms with Crippen LogP contribution in [-0.4, -0.2) is 45.4 Å². The Morgan fingerprint density at radius 2 is 2.22 bits per heavy atom. The summed E-state index contributed by atoms with van der Waals surface area (Å²) in [6.45, 7) is 7.18. The van der Waals surface area contributed by atoms with E-state index in [4.69, 9.17) is 9.47 Å². The lowest BCUT2D eigenvalue weighted by molar-refractivity contribution is -0.0971. The Labute approximate surface area is 137 Å². The predicted molar refractivity (Wildman–Crippen MR) is 89.4 cm³/mol. The number of benzene rings is 1. The van der Waals surface area contributed by atoms with Crippen LogP contribution in [0.15, 0.2) is 29.3 Å². The monoisotopic (exact) mass is 323 g/mol. The quantitative estimate of drug-likeness (QED) is 0.596. The van der Waals surface area contributed by atoms with Gasteiger partial charge >= 0.3 is 0 Å². The molecule has 23 heavy (non-hydrogen) atoms. The van der Waals surface area contributed by atoms with Gasteiger partial charge in [-0.15, -0.1) is 0 Å². The highest BCUT2D eigenvalue weighted by molar-refractivity contribution is 5.79. The van der Waals surface area contributed by atoms with Crippen molar-refractivity contribution in [3.8, 4) is 5.75 Å². The van der Waals surface area contributed by atoms with Crippen LogP contribution >= 0.6 is 0 Å². The molecule has 1 saturated heterocycles. The average molecular weight is 323 g/mol. The van der Waals surface area contributed by atoms with Crippen molar-refractivity contribution >= 4 is 5.96 Å². The van der Waals surface area contributed by atoms with E-state index in [0.717, 1.165) is 32.1 Å². The smallest absolute Gasteiger partial charge is 0.191 e. The van der Waals surface area contributed by atoms with Crippen LogP contribution in [0.25, 0.3) is 0 Å². The van der Waals surface area contributed by atoms with E-state index in [2.05, 4.69) is 22.5 Å². The Bertz CT molecular complexity index is 532. The molecule has 1 heterocycles. The molecular formula is C17H26FN3O2. The molecule has 0 aromatic heterocycles. The molecule has 0 aliphatic carbocycles. The van der Waals surface area contributed by atoms with Gasteiger partial charge in [-0.3, -0.25) is 4.99 Å². The Morgan fingerprint density at radius 3 is 2.78 bits per heavy atom. The van der Waals surface area contributed by atoms with Gasteiger partial charge in [0.05, 0.1) is 19.8 Å². The Kier molecular flexibility index (Phi) is 6.21. The summed E-state index contributed by atoms with van der Waals surface area (Å²) in [6.07, 6.45) is 0.754. The zero-order valence-corrected chi connectivity index (χ0v) is 14.1. The van der Waals surface area contributed by atoms with E-state index in [1.165, 1.54) is 12.1 Å². The van der Waals surface area contributed by atoms with Crippen molar-refractivity contribution < 1.29 is 13.9 Å². The normalized spacial score (nSPS) is 18.0. The maximum absolute atomic E-state index is 13.2. The number of hydrogen-bond donors (Lipinski definition) is 2. The first kappa shape index (κ1) is 17.5. The number of nitrogens with zero attached hydrogens (tertiary/aromatic N) is 1. The van der Waals surface area contributed by atoms with Gasteiger partial charge in [0, 0.05) is 25.1 Å². The Morgan fingerprint density at radius 1 is 1.43 bits per heavy atom. The van der Waals surface area contributed by atoms with Crippen LogP contribution in [0.2, 0.25) is 0 Å². The van der Waals surface area contributed by atoms with Crippen LogP contribution in [-0.2, 0) is 4.74 Å². The molecule has 0 saturated carbocycles. The molecule has 1 aromatic rings. The topological polar surface area (TPSA) is 54.9 Å². The van der Waals surface area contributed by atoms with Crippen LogP contribution in [0.3, 0.4) is 0 Å². The first-order chi connectivity index (χ1) is 11.0. The molecule has 6 heteroatoms. The van der Waals surface area contributed by atoms with Gasteiger partial charge in [-0.1, -0.05) is 19.9 Å². The number of ether oxygens (including phenoxy) is 2. The van der Waals surface area contributed by atoms with Crippen molar-refractivity contribution in [1.29, 1.82) is 0 Å². The van der Waals surface area contributed by atoms with E-state index in [0.29, 0.717) is 12.3 Å². The minimum absolute atomic E-state index is 0.0574. The van der Waals surface area contributed by atoms with Crippen molar-refractivity contribution in [2.75, 3.05) is 33.4 Å². The van der Waals surface area contributed by atoms with Gasteiger partial charge in [0.1, 0.15) is 17.7 Å². The summed E-state index contributed by atoms with van der Waals surface area (Å²) in [5.74, 6) is 0.985. The molecule has 5 nitrogen and oxygen atoms in total. The minimum atomic E-state index is -0.293. The Hall–Kier alpha value is -1.82. The molecule has 128 valence electrons. The molecule has 1 aromatic carbocycles. The fourth-order valence-corrected chi connectivity index (χ4v) is 2.28. The summed E-state index contributed by atoms with van der Waals surface area (Å²) < 4.78 is 24.3. The second-order valence-corrected chi connectivity index (χ2v) is 6.22. The number of rotatable bonds is 7. The number of nitrogens with one attached hydrogen (secondary N) is 2. The highest BCUT2D eigenvalue weighted by Crippen LogP contribution is 2.24. The minimum Gasteiger partial charge on any atom is -0.489 e. The lowest BCUT2D eigenvalue weighted by Crippen LogP contribution is -2.51. The van der Waals surface area contributed by atoms with Crippen LogP contribution < -0.4 is 15.4 Å². The number of hydrogen-bond acceptors (Lipinski definition) is 3. The fraction of sp³-hybridized carbons (Fsp3) is 0.588. The molecule has 1 unspecified atom stereocenters. The van der Waals surface area contributed by atoms with Gasteiger partial charge in [-0.05, 0) is 18.6 Å². The van der Waals surface area contributed by atoms with E-state index in [1.807, 2.05) is 6.92 Å². The molecule has 0 radical (unpaired) electrons. The summed E-state index contributed by atoms with van der Waals surface area (Å²) in [6, 6.07) is 6.21. The van der Waals surface area contributed by atoms with Gasteiger partial charge in [-0.2, -0.15) is 0 Å². The molecule has 2 rings (SSSR count). The molecule has 0 spiro atoms. The van der Waals surface area contributed by atoms with Crippen LogP contribution in [0, 0.1) is 11.2 Å². The second kappa shape index (κ2) is 8.15. The standard InChI is InChI=1S/C17H26FN3O2/c1-4-14(23-15-7-5-6-13(18)8-15)9-20-16(19-3)21-10-17(2)11-22-12-17/h5-8,14H,4,9-12H2,1-3H3,(H2,19,20,21). The summed E-state index contributed by atoms with van der Waals surface area (Å²) in [5.41, 5.74) is 0.180. The average Bonchev–Trinajstić information content (AvgIpc) is 2.52. The SMILES string of the molecule is CCC(CNC(=NC)NCC1(C)COC1)Oc1cccc(F)c1. The maximum Gasteiger partial charge on any atom is 0.191 e. The molecule has 1 fully saturated rings.